The van der Waals surface area contributed by atoms with Crippen LogP contribution < -0.4 is 5.73 Å². The molecular formula is C22H22N6S. The van der Waals surface area contributed by atoms with Gasteiger partial charge in [-0.1, -0.05) is 13.8 Å². The summed E-state index contributed by atoms with van der Waals surface area (Å²) < 4.78 is 0. The van der Waals surface area contributed by atoms with Crippen molar-refractivity contribution in [1.29, 1.82) is 5.26 Å². The molecule has 0 aliphatic carbocycles. The summed E-state index contributed by atoms with van der Waals surface area (Å²) >= 11 is 1.64. The molecule has 3 aromatic rings. The maximum Gasteiger partial charge on any atom is 0.131 e. The van der Waals surface area contributed by atoms with E-state index in [9.17, 15) is 0 Å². The van der Waals surface area contributed by atoms with Crippen molar-refractivity contribution in [3.63, 3.8) is 0 Å². The third kappa shape index (κ3) is 3.52. The number of aromatic nitrogens is 3. The zero-order valence-corrected chi connectivity index (χ0v) is 17.5. The van der Waals surface area contributed by atoms with Crippen LogP contribution in [-0.2, 0) is 12.0 Å². The molecule has 0 amide bonds. The van der Waals surface area contributed by atoms with Gasteiger partial charge in [-0.2, -0.15) is 5.26 Å². The minimum Gasteiger partial charge on any atom is -0.383 e. The molecule has 1 aliphatic rings. The van der Waals surface area contributed by atoms with Crippen molar-refractivity contribution in [2.24, 2.45) is 10.7 Å². The average molecular weight is 403 g/mol. The van der Waals surface area contributed by atoms with E-state index in [4.69, 9.17) is 21.0 Å². The molecule has 1 unspecified atom stereocenters. The number of aliphatic imine (C=N–C) groups is 1. The second-order valence-corrected chi connectivity index (χ2v) is 8.53. The van der Waals surface area contributed by atoms with E-state index in [1.807, 2.05) is 6.07 Å². The second kappa shape index (κ2) is 7.37. The minimum atomic E-state index is -0.485. The number of thiophene rings is 1. The Morgan fingerprint density at radius 3 is 2.86 bits per heavy atom. The van der Waals surface area contributed by atoms with E-state index in [2.05, 4.69) is 48.3 Å². The molecule has 4 rings (SSSR count). The van der Waals surface area contributed by atoms with Crippen molar-refractivity contribution >= 4 is 17.2 Å². The normalized spacial score (nSPS) is 19.2. The van der Waals surface area contributed by atoms with Crippen LogP contribution in [0.15, 0.2) is 41.1 Å². The first-order valence-corrected chi connectivity index (χ1v) is 10.5. The number of fused-ring (bicyclic) bond motifs is 1. The van der Waals surface area contributed by atoms with Gasteiger partial charge in [0.05, 0.1) is 22.4 Å². The second-order valence-electron chi connectivity index (χ2n) is 7.62. The van der Waals surface area contributed by atoms with Gasteiger partial charge < -0.3 is 5.73 Å². The Morgan fingerprint density at radius 1 is 1.28 bits per heavy atom. The molecule has 0 fully saturated rings. The van der Waals surface area contributed by atoms with E-state index >= 15 is 0 Å². The summed E-state index contributed by atoms with van der Waals surface area (Å²) in [7, 11) is 0. The zero-order valence-electron chi connectivity index (χ0n) is 16.7. The van der Waals surface area contributed by atoms with Crippen LogP contribution in [0.5, 0.6) is 0 Å². The van der Waals surface area contributed by atoms with Gasteiger partial charge in [-0.15, -0.1) is 11.3 Å². The highest BCUT2D eigenvalue weighted by molar-refractivity contribution is 7.10. The minimum absolute atomic E-state index is 0.305. The first-order valence-electron chi connectivity index (χ1n) is 9.59. The molecule has 1 aliphatic heterocycles. The number of nitrogens with zero attached hydrogens (tertiary/aromatic N) is 5. The summed E-state index contributed by atoms with van der Waals surface area (Å²) in [4.78, 5) is 19.4. The molecule has 6 nitrogen and oxygen atoms in total. The molecule has 29 heavy (non-hydrogen) atoms. The Labute approximate surface area is 174 Å². The van der Waals surface area contributed by atoms with Crippen LogP contribution in [-0.4, -0.2) is 20.8 Å². The van der Waals surface area contributed by atoms with Crippen molar-refractivity contribution in [3.05, 3.63) is 63.6 Å². The Morgan fingerprint density at radius 2 is 2.10 bits per heavy atom. The first kappa shape index (κ1) is 19.2. The van der Waals surface area contributed by atoms with Gasteiger partial charge in [0.15, 0.2) is 0 Å². The van der Waals surface area contributed by atoms with Gasteiger partial charge in [0.25, 0.3) is 0 Å². The molecule has 3 aromatic heterocycles. The molecule has 0 saturated carbocycles. The third-order valence-corrected chi connectivity index (χ3v) is 6.61. The maximum atomic E-state index is 9.13. The van der Waals surface area contributed by atoms with E-state index in [-0.39, 0.29) is 0 Å². The van der Waals surface area contributed by atoms with Crippen molar-refractivity contribution in [1.82, 2.24) is 15.0 Å². The van der Waals surface area contributed by atoms with Crippen molar-refractivity contribution in [2.75, 3.05) is 0 Å². The number of nitrogens with two attached hydrogens (primary N) is 1. The van der Waals surface area contributed by atoms with Crippen LogP contribution in [0.2, 0.25) is 0 Å². The zero-order chi connectivity index (χ0) is 20.6. The topological polar surface area (TPSA) is 101 Å². The van der Waals surface area contributed by atoms with Crippen LogP contribution in [0.4, 0.5) is 0 Å². The predicted octanol–water partition coefficient (Wildman–Crippen LogP) is 4.16. The van der Waals surface area contributed by atoms with E-state index in [0.29, 0.717) is 23.7 Å². The van der Waals surface area contributed by atoms with Gasteiger partial charge in [-0.05, 0) is 36.4 Å². The fourth-order valence-electron chi connectivity index (χ4n) is 3.46. The van der Waals surface area contributed by atoms with Crippen LogP contribution in [0.3, 0.4) is 0 Å². The van der Waals surface area contributed by atoms with Gasteiger partial charge in [-0.3, -0.25) is 9.98 Å². The molecule has 7 heteroatoms. The number of rotatable bonds is 4. The summed E-state index contributed by atoms with van der Waals surface area (Å²) in [5.41, 5.74) is 10.1. The smallest absolute Gasteiger partial charge is 0.131 e. The Hall–Kier alpha value is -3.11. The first-order chi connectivity index (χ1) is 13.9. The average Bonchev–Trinajstić information content (AvgIpc) is 3.24. The summed E-state index contributed by atoms with van der Waals surface area (Å²) in [6.45, 7) is 6.36. The lowest BCUT2D eigenvalue weighted by atomic mass is 9.88. The molecular weight excluding hydrogens is 380 g/mol. The summed E-state index contributed by atoms with van der Waals surface area (Å²) in [6.07, 6.45) is 6.81. The maximum absolute atomic E-state index is 9.13. The highest BCUT2D eigenvalue weighted by Gasteiger charge is 2.35. The number of hydrogen-bond donors (Lipinski definition) is 1. The highest BCUT2D eigenvalue weighted by atomic mass is 32.1. The number of hydrogen-bond acceptors (Lipinski definition) is 7. The summed E-state index contributed by atoms with van der Waals surface area (Å²) in [5, 5.41) is 11.2. The van der Waals surface area contributed by atoms with Gasteiger partial charge in [0.2, 0.25) is 0 Å². The SMILES string of the molecule is CCC(C)c1ncc2c(n1)C[C@@](C)(c1cc(-c3cncc(C#N)c3)cs1)N=C2N. The Bertz CT molecular complexity index is 1140. The number of nitriles is 1. The third-order valence-electron chi connectivity index (χ3n) is 5.43. The molecule has 0 spiro atoms. The van der Waals surface area contributed by atoms with Crippen molar-refractivity contribution < 1.29 is 0 Å². The van der Waals surface area contributed by atoms with E-state index in [0.717, 1.165) is 39.5 Å². The fraction of sp³-hybridized carbons (Fsp3) is 0.318. The van der Waals surface area contributed by atoms with Crippen LogP contribution in [0.25, 0.3) is 11.1 Å². The van der Waals surface area contributed by atoms with Crippen LogP contribution in [0.1, 0.15) is 60.6 Å². The van der Waals surface area contributed by atoms with Gasteiger partial charge in [0.1, 0.15) is 17.7 Å². The molecule has 0 saturated heterocycles. The summed E-state index contributed by atoms with van der Waals surface area (Å²) in [5.74, 6) is 1.64. The van der Waals surface area contributed by atoms with Gasteiger partial charge in [0, 0.05) is 41.4 Å². The van der Waals surface area contributed by atoms with Gasteiger partial charge in [-0.25, -0.2) is 9.97 Å². The Balaban J connectivity index is 1.70. The lowest BCUT2D eigenvalue weighted by Gasteiger charge is -2.30. The fourth-order valence-corrected chi connectivity index (χ4v) is 4.49. The van der Waals surface area contributed by atoms with E-state index < -0.39 is 5.54 Å². The molecule has 2 atom stereocenters. The Kier molecular flexibility index (Phi) is 4.89. The molecule has 146 valence electrons. The standard InChI is InChI=1S/C22H22N6S/c1-4-13(2)21-26-11-17-18(27-21)7-22(3,28-20(17)24)19-6-16(12-29-19)15-5-14(8-23)9-25-10-15/h5-6,9-13H,4,7H2,1-3H3,(H2,24,28)/t13?,22-/m0/s1. The lowest BCUT2D eigenvalue weighted by molar-refractivity contribution is 0.486. The van der Waals surface area contributed by atoms with E-state index in [1.165, 1.54) is 0 Å². The summed E-state index contributed by atoms with van der Waals surface area (Å²) in [6, 6.07) is 6.10. The van der Waals surface area contributed by atoms with Crippen LogP contribution >= 0.6 is 11.3 Å². The van der Waals surface area contributed by atoms with Crippen LogP contribution in [0, 0.1) is 11.3 Å². The number of pyridine rings is 1. The van der Waals surface area contributed by atoms with E-state index in [1.54, 1.807) is 29.9 Å². The van der Waals surface area contributed by atoms with Gasteiger partial charge >= 0.3 is 0 Å². The quantitative estimate of drug-likeness (QED) is 0.706. The number of amidine groups is 1. The predicted molar refractivity (Wildman–Crippen MR) is 115 cm³/mol. The molecule has 0 aromatic carbocycles. The molecule has 0 radical (unpaired) electrons. The largest absolute Gasteiger partial charge is 0.383 e. The van der Waals surface area contributed by atoms with Crippen molar-refractivity contribution in [3.8, 4) is 17.2 Å². The highest BCUT2D eigenvalue weighted by Crippen LogP contribution is 2.39. The monoisotopic (exact) mass is 402 g/mol. The molecule has 4 heterocycles. The molecule has 2 N–H and O–H groups in total. The molecule has 0 bridgehead atoms. The lowest BCUT2D eigenvalue weighted by Crippen LogP contribution is -2.34. The van der Waals surface area contributed by atoms with Crippen molar-refractivity contribution in [2.45, 2.75) is 45.1 Å².